The number of nitrogens with one attached hydrogen (secondary N) is 1. The molecular weight excluding hydrogens is 379 g/mol. The first-order chi connectivity index (χ1) is 13.5. The van der Waals surface area contributed by atoms with E-state index in [1.807, 2.05) is 24.3 Å². The number of phenolic OH excluding ortho intramolecular Hbond substituents is 1. The molecule has 0 fully saturated rings. The minimum absolute atomic E-state index is 0.0676. The van der Waals surface area contributed by atoms with Gasteiger partial charge in [0.15, 0.2) is 0 Å². The monoisotopic (exact) mass is 396 g/mol. The molecule has 1 aliphatic heterocycles. The molecule has 0 saturated carbocycles. The SMILES string of the molecule is O=C(NCc1ccccc1F)N1Cc2ccccc2C1c1cc(Cl)ccc1O. The molecule has 142 valence electrons. The van der Waals surface area contributed by atoms with Crippen LogP contribution < -0.4 is 5.32 Å². The minimum atomic E-state index is -0.476. The van der Waals surface area contributed by atoms with Crippen LogP contribution in [0.2, 0.25) is 5.02 Å². The van der Waals surface area contributed by atoms with E-state index in [2.05, 4.69) is 5.32 Å². The zero-order valence-electron chi connectivity index (χ0n) is 14.9. The van der Waals surface area contributed by atoms with Crippen LogP contribution in [-0.2, 0) is 13.1 Å². The van der Waals surface area contributed by atoms with E-state index in [1.165, 1.54) is 12.1 Å². The number of amides is 2. The number of carbonyl (C=O) groups is 1. The van der Waals surface area contributed by atoms with Crippen LogP contribution in [0.5, 0.6) is 5.75 Å². The van der Waals surface area contributed by atoms with Crippen molar-refractivity contribution in [2.45, 2.75) is 19.1 Å². The van der Waals surface area contributed by atoms with Crippen LogP contribution in [0.15, 0.2) is 66.7 Å². The van der Waals surface area contributed by atoms with Gasteiger partial charge in [-0.3, -0.25) is 0 Å². The van der Waals surface area contributed by atoms with E-state index in [4.69, 9.17) is 11.6 Å². The average Bonchev–Trinajstić information content (AvgIpc) is 3.08. The number of phenols is 1. The second-order valence-electron chi connectivity index (χ2n) is 6.68. The summed E-state index contributed by atoms with van der Waals surface area (Å²) in [5.74, 6) is -0.297. The quantitative estimate of drug-likeness (QED) is 0.654. The summed E-state index contributed by atoms with van der Waals surface area (Å²) in [6.45, 7) is 0.461. The summed E-state index contributed by atoms with van der Waals surface area (Å²) in [4.78, 5) is 14.6. The molecule has 0 radical (unpaired) electrons. The Kier molecular flexibility index (Phi) is 4.92. The lowest BCUT2D eigenvalue weighted by Crippen LogP contribution is -2.39. The summed E-state index contributed by atoms with van der Waals surface area (Å²) < 4.78 is 13.9. The fourth-order valence-electron chi connectivity index (χ4n) is 3.57. The number of urea groups is 1. The third-order valence-electron chi connectivity index (χ3n) is 4.93. The lowest BCUT2D eigenvalue weighted by molar-refractivity contribution is 0.187. The average molecular weight is 397 g/mol. The lowest BCUT2D eigenvalue weighted by Gasteiger charge is -2.26. The van der Waals surface area contributed by atoms with Crippen LogP contribution in [0.3, 0.4) is 0 Å². The molecule has 6 heteroatoms. The van der Waals surface area contributed by atoms with Crippen molar-refractivity contribution in [3.8, 4) is 5.75 Å². The summed E-state index contributed by atoms with van der Waals surface area (Å²) in [7, 11) is 0. The third-order valence-corrected chi connectivity index (χ3v) is 5.17. The van der Waals surface area contributed by atoms with E-state index in [0.717, 1.165) is 11.1 Å². The Hall–Kier alpha value is -3.05. The van der Waals surface area contributed by atoms with Gasteiger partial charge >= 0.3 is 6.03 Å². The van der Waals surface area contributed by atoms with Crippen LogP contribution in [0.4, 0.5) is 9.18 Å². The van der Waals surface area contributed by atoms with Gasteiger partial charge in [-0.25, -0.2) is 9.18 Å². The Morgan fingerprint density at radius 3 is 2.68 bits per heavy atom. The second kappa shape index (κ2) is 7.52. The Bertz CT molecular complexity index is 1040. The summed E-state index contributed by atoms with van der Waals surface area (Å²) >= 11 is 6.14. The van der Waals surface area contributed by atoms with E-state index < -0.39 is 6.04 Å². The second-order valence-corrected chi connectivity index (χ2v) is 7.12. The summed E-state index contributed by atoms with van der Waals surface area (Å²) in [5.41, 5.74) is 2.89. The van der Waals surface area contributed by atoms with Gasteiger partial charge in [-0.2, -0.15) is 0 Å². The number of carbonyl (C=O) groups excluding carboxylic acids is 1. The van der Waals surface area contributed by atoms with Crippen LogP contribution in [0.25, 0.3) is 0 Å². The molecule has 2 amide bonds. The molecular formula is C22H18ClFN2O2. The van der Waals surface area contributed by atoms with Gasteiger partial charge in [-0.1, -0.05) is 54.1 Å². The van der Waals surface area contributed by atoms with Gasteiger partial charge < -0.3 is 15.3 Å². The third kappa shape index (κ3) is 3.41. The molecule has 0 bridgehead atoms. The number of hydrogen-bond donors (Lipinski definition) is 2. The predicted octanol–water partition coefficient (Wildman–Crippen LogP) is 5.00. The number of benzene rings is 3. The first kappa shape index (κ1) is 18.3. The maximum absolute atomic E-state index is 13.9. The van der Waals surface area contributed by atoms with Crippen molar-refractivity contribution in [3.63, 3.8) is 0 Å². The van der Waals surface area contributed by atoms with E-state index >= 15 is 0 Å². The summed E-state index contributed by atoms with van der Waals surface area (Å²) in [6.07, 6.45) is 0. The first-order valence-corrected chi connectivity index (χ1v) is 9.26. The molecule has 1 atom stereocenters. The highest BCUT2D eigenvalue weighted by Crippen LogP contribution is 2.42. The fraction of sp³-hybridized carbons (Fsp3) is 0.136. The van der Waals surface area contributed by atoms with Gasteiger partial charge in [0.1, 0.15) is 11.6 Å². The standard InChI is InChI=1S/C22H18ClFN2O2/c23-16-9-10-20(27)18(11-16)21-17-7-3-1-6-15(17)13-26(21)22(28)25-12-14-5-2-4-8-19(14)24/h1-11,21,27H,12-13H2,(H,25,28). The van der Waals surface area contributed by atoms with Crippen molar-refractivity contribution in [1.82, 2.24) is 10.2 Å². The highest BCUT2D eigenvalue weighted by Gasteiger charge is 2.36. The Labute approximate surface area is 167 Å². The van der Waals surface area contributed by atoms with Crippen LogP contribution in [0, 0.1) is 5.82 Å². The zero-order valence-corrected chi connectivity index (χ0v) is 15.7. The van der Waals surface area contributed by atoms with Gasteiger partial charge in [0.25, 0.3) is 0 Å². The highest BCUT2D eigenvalue weighted by molar-refractivity contribution is 6.30. The Morgan fingerprint density at radius 2 is 1.86 bits per heavy atom. The van der Waals surface area contributed by atoms with Crippen molar-refractivity contribution in [1.29, 1.82) is 0 Å². The number of halogens is 2. The zero-order chi connectivity index (χ0) is 19.7. The Balaban J connectivity index is 1.64. The molecule has 1 aliphatic rings. The minimum Gasteiger partial charge on any atom is -0.508 e. The van der Waals surface area contributed by atoms with E-state index in [0.29, 0.717) is 22.7 Å². The van der Waals surface area contributed by atoms with Crippen molar-refractivity contribution in [2.75, 3.05) is 0 Å². The van der Waals surface area contributed by atoms with Crippen LogP contribution in [0.1, 0.15) is 28.3 Å². The van der Waals surface area contributed by atoms with E-state index in [1.54, 1.807) is 35.2 Å². The van der Waals surface area contributed by atoms with Crippen LogP contribution >= 0.6 is 11.6 Å². The van der Waals surface area contributed by atoms with Gasteiger partial charge in [0.2, 0.25) is 0 Å². The molecule has 2 N–H and O–H groups in total. The van der Waals surface area contributed by atoms with Crippen molar-refractivity contribution in [2.24, 2.45) is 0 Å². The summed E-state index contributed by atoms with van der Waals surface area (Å²) in [5, 5.41) is 13.7. The largest absolute Gasteiger partial charge is 0.508 e. The van der Waals surface area contributed by atoms with Crippen molar-refractivity contribution >= 4 is 17.6 Å². The highest BCUT2D eigenvalue weighted by atomic mass is 35.5. The molecule has 0 aliphatic carbocycles. The molecule has 3 aromatic rings. The first-order valence-electron chi connectivity index (χ1n) is 8.88. The molecule has 28 heavy (non-hydrogen) atoms. The molecule has 3 aromatic carbocycles. The smallest absolute Gasteiger partial charge is 0.318 e. The van der Waals surface area contributed by atoms with E-state index in [9.17, 15) is 14.3 Å². The molecule has 0 spiro atoms. The van der Waals surface area contributed by atoms with Gasteiger partial charge in [-0.05, 0) is 35.4 Å². The maximum atomic E-state index is 13.9. The number of fused-ring (bicyclic) bond motifs is 1. The summed E-state index contributed by atoms with van der Waals surface area (Å²) in [6, 6.07) is 18.0. The van der Waals surface area contributed by atoms with E-state index in [-0.39, 0.29) is 24.1 Å². The molecule has 0 aromatic heterocycles. The normalized spacial score (nSPS) is 15.4. The maximum Gasteiger partial charge on any atom is 0.318 e. The molecule has 0 saturated heterocycles. The van der Waals surface area contributed by atoms with Crippen molar-refractivity contribution in [3.05, 3.63) is 99.8 Å². The van der Waals surface area contributed by atoms with Gasteiger partial charge in [0.05, 0.1) is 6.04 Å². The van der Waals surface area contributed by atoms with Crippen molar-refractivity contribution < 1.29 is 14.3 Å². The topological polar surface area (TPSA) is 52.6 Å². The molecule has 1 unspecified atom stereocenters. The lowest BCUT2D eigenvalue weighted by atomic mass is 9.97. The number of rotatable bonds is 3. The number of hydrogen-bond acceptors (Lipinski definition) is 2. The predicted molar refractivity (Wildman–Crippen MR) is 106 cm³/mol. The molecule has 1 heterocycles. The Morgan fingerprint density at radius 1 is 1.11 bits per heavy atom. The molecule has 4 nitrogen and oxygen atoms in total. The number of aromatic hydroxyl groups is 1. The fourth-order valence-corrected chi connectivity index (χ4v) is 3.75. The van der Waals surface area contributed by atoms with Gasteiger partial charge in [0, 0.05) is 29.2 Å². The van der Waals surface area contributed by atoms with Crippen LogP contribution in [-0.4, -0.2) is 16.0 Å². The molecule has 4 rings (SSSR count). The number of nitrogens with zero attached hydrogens (tertiary/aromatic N) is 1. The van der Waals surface area contributed by atoms with Gasteiger partial charge in [-0.15, -0.1) is 0 Å².